The summed E-state index contributed by atoms with van der Waals surface area (Å²) in [5.74, 6) is -0.793. The lowest BCUT2D eigenvalue weighted by molar-refractivity contribution is -0.128. The molecule has 2 rings (SSSR count). The molecule has 0 bridgehead atoms. The van der Waals surface area contributed by atoms with Crippen LogP contribution in [0.25, 0.3) is 0 Å². The number of nitrogens with one attached hydrogen (secondary N) is 1. The van der Waals surface area contributed by atoms with E-state index in [2.05, 4.69) is 5.32 Å². The highest BCUT2D eigenvalue weighted by atomic mass is 32.1. The molecule has 0 aliphatic rings. The second kappa shape index (κ2) is 8.69. The molecule has 0 aliphatic carbocycles. The summed E-state index contributed by atoms with van der Waals surface area (Å²) in [6, 6.07) is 7.34. The van der Waals surface area contributed by atoms with Crippen molar-refractivity contribution in [2.24, 2.45) is 5.41 Å². The number of ketones is 1. The van der Waals surface area contributed by atoms with Crippen LogP contribution in [0.15, 0.2) is 24.3 Å². The molecule has 0 radical (unpaired) electrons. The molecule has 0 spiro atoms. The van der Waals surface area contributed by atoms with Gasteiger partial charge in [0, 0.05) is 10.3 Å². The monoisotopic (exact) mass is 401 g/mol. The zero-order chi connectivity index (χ0) is 21.1. The van der Waals surface area contributed by atoms with Crippen molar-refractivity contribution in [3.8, 4) is 0 Å². The fraction of sp³-hybridized carbons (Fsp3) is 0.409. The first-order chi connectivity index (χ1) is 13.0. The van der Waals surface area contributed by atoms with E-state index in [-0.39, 0.29) is 18.3 Å². The average Bonchev–Trinajstić information content (AvgIpc) is 3.04. The maximum atomic E-state index is 12.4. The number of ether oxygens (including phenoxy) is 1. The van der Waals surface area contributed by atoms with Crippen molar-refractivity contribution in [2.75, 3.05) is 6.61 Å². The number of amides is 1. The number of benzene rings is 1. The van der Waals surface area contributed by atoms with Gasteiger partial charge in [-0.1, -0.05) is 38.5 Å². The fourth-order valence-corrected chi connectivity index (χ4v) is 3.70. The number of esters is 1. The van der Waals surface area contributed by atoms with E-state index in [1.165, 1.54) is 11.3 Å². The number of carbonyl (C=O) groups excluding carboxylic acids is 3. The topological polar surface area (TPSA) is 72.5 Å². The highest BCUT2D eigenvalue weighted by Gasteiger charge is 2.21. The van der Waals surface area contributed by atoms with Gasteiger partial charge in [0.15, 0.2) is 6.61 Å². The highest BCUT2D eigenvalue weighted by molar-refractivity contribution is 7.14. The van der Waals surface area contributed by atoms with Gasteiger partial charge in [-0.2, -0.15) is 0 Å². The molecule has 0 atom stereocenters. The Hall–Kier alpha value is -2.47. The van der Waals surface area contributed by atoms with E-state index >= 15 is 0 Å². The van der Waals surface area contributed by atoms with Crippen molar-refractivity contribution in [1.29, 1.82) is 0 Å². The Kier molecular flexibility index (Phi) is 6.77. The number of carbonyl (C=O) groups is 3. The van der Waals surface area contributed by atoms with Gasteiger partial charge in [0.1, 0.15) is 0 Å². The number of rotatable bonds is 6. The van der Waals surface area contributed by atoms with Gasteiger partial charge in [-0.3, -0.25) is 9.59 Å². The summed E-state index contributed by atoms with van der Waals surface area (Å²) >= 11 is 1.29. The summed E-state index contributed by atoms with van der Waals surface area (Å²) in [6.45, 7) is 11.3. The summed E-state index contributed by atoms with van der Waals surface area (Å²) < 4.78 is 5.25. The van der Waals surface area contributed by atoms with Crippen LogP contribution < -0.4 is 5.32 Å². The minimum absolute atomic E-state index is 0.0495. The maximum absolute atomic E-state index is 12.4. The Bertz CT molecular complexity index is 882. The van der Waals surface area contributed by atoms with Gasteiger partial charge in [-0.15, -0.1) is 11.3 Å². The van der Waals surface area contributed by atoms with Gasteiger partial charge in [0.25, 0.3) is 0 Å². The molecular weight excluding hydrogens is 374 g/mol. The van der Waals surface area contributed by atoms with Crippen molar-refractivity contribution in [3.05, 3.63) is 56.3 Å². The third-order valence-electron chi connectivity index (χ3n) is 4.26. The van der Waals surface area contributed by atoms with E-state index in [0.717, 1.165) is 21.6 Å². The summed E-state index contributed by atoms with van der Waals surface area (Å²) in [6.07, 6.45) is 0. The number of hydrogen-bond donors (Lipinski definition) is 1. The zero-order valence-corrected chi connectivity index (χ0v) is 18.1. The van der Waals surface area contributed by atoms with Crippen LogP contribution in [0.5, 0.6) is 0 Å². The summed E-state index contributed by atoms with van der Waals surface area (Å²) in [5.41, 5.74) is 2.80. The molecule has 28 heavy (non-hydrogen) atoms. The molecule has 1 aromatic heterocycles. The number of Topliss-reactive ketones (excluding diaryl/α,β-unsaturated/α-hetero) is 1. The molecule has 5 nitrogen and oxygen atoms in total. The van der Waals surface area contributed by atoms with Crippen molar-refractivity contribution < 1.29 is 19.1 Å². The standard InChI is InChI=1S/C22H27NO4S/c1-13-9-14(2)19(15(3)10-13)20(25)27-12-17(24)18-8-7-16(28-18)11-23-21(26)22(4,5)6/h7-10H,11-12H2,1-6H3,(H,23,26). The van der Waals surface area contributed by atoms with E-state index in [1.807, 2.05) is 53.7 Å². The second-order valence-corrected chi connectivity index (χ2v) is 9.14. The van der Waals surface area contributed by atoms with Crippen molar-refractivity contribution in [3.63, 3.8) is 0 Å². The number of thiophene rings is 1. The van der Waals surface area contributed by atoms with E-state index in [0.29, 0.717) is 17.0 Å². The molecule has 1 heterocycles. The first-order valence-corrected chi connectivity index (χ1v) is 9.96. The quantitative estimate of drug-likeness (QED) is 0.576. The third-order valence-corrected chi connectivity index (χ3v) is 5.38. The summed E-state index contributed by atoms with van der Waals surface area (Å²) in [5, 5.41) is 2.85. The van der Waals surface area contributed by atoms with Crippen LogP contribution in [-0.2, 0) is 16.1 Å². The first kappa shape index (κ1) is 21.8. The molecule has 1 aromatic carbocycles. The predicted octanol–water partition coefficient (Wildman–Crippen LogP) is 4.38. The minimum atomic E-state index is -0.488. The molecule has 0 aliphatic heterocycles. The molecule has 2 aromatic rings. The van der Waals surface area contributed by atoms with Crippen LogP contribution in [-0.4, -0.2) is 24.3 Å². The Labute approximate surface area is 170 Å². The first-order valence-electron chi connectivity index (χ1n) is 9.14. The number of hydrogen-bond acceptors (Lipinski definition) is 5. The molecule has 0 fully saturated rings. The lowest BCUT2D eigenvalue weighted by Gasteiger charge is -2.17. The zero-order valence-electron chi connectivity index (χ0n) is 17.3. The van der Waals surface area contributed by atoms with Gasteiger partial charge >= 0.3 is 5.97 Å². The normalized spacial score (nSPS) is 11.2. The molecule has 0 saturated carbocycles. The molecule has 6 heteroatoms. The maximum Gasteiger partial charge on any atom is 0.339 e. The van der Waals surface area contributed by atoms with E-state index < -0.39 is 11.4 Å². The van der Waals surface area contributed by atoms with Crippen LogP contribution in [0.1, 0.15) is 62.4 Å². The van der Waals surface area contributed by atoms with Crippen LogP contribution in [0.2, 0.25) is 0 Å². The van der Waals surface area contributed by atoms with Crippen LogP contribution in [0.4, 0.5) is 0 Å². The lowest BCUT2D eigenvalue weighted by atomic mass is 9.96. The molecule has 150 valence electrons. The van der Waals surface area contributed by atoms with Crippen LogP contribution >= 0.6 is 11.3 Å². The summed E-state index contributed by atoms with van der Waals surface area (Å²) in [4.78, 5) is 38.1. The average molecular weight is 402 g/mol. The number of aryl methyl sites for hydroxylation is 3. The van der Waals surface area contributed by atoms with Gasteiger partial charge in [-0.05, 0) is 44.0 Å². The largest absolute Gasteiger partial charge is 0.454 e. The van der Waals surface area contributed by atoms with Crippen molar-refractivity contribution in [2.45, 2.75) is 48.1 Å². The molecule has 1 N–H and O–H groups in total. The highest BCUT2D eigenvalue weighted by Crippen LogP contribution is 2.20. The predicted molar refractivity (Wildman–Crippen MR) is 111 cm³/mol. The molecular formula is C22H27NO4S. The van der Waals surface area contributed by atoms with Gasteiger partial charge in [0.2, 0.25) is 11.7 Å². The third kappa shape index (κ3) is 5.52. The van der Waals surface area contributed by atoms with Gasteiger partial charge < -0.3 is 10.1 Å². The smallest absolute Gasteiger partial charge is 0.339 e. The van der Waals surface area contributed by atoms with E-state index in [1.54, 1.807) is 12.1 Å². The van der Waals surface area contributed by atoms with E-state index in [9.17, 15) is 14.4 Å². The molecule has 0 unspecified atom stereocenters. The minimum Gasteiger partial charge on any atom is -0.454 e. The van der Waals surface area contributed by atoms with Crippen LogP contribution in [0, 0.1) is 26.2 Å². The van der Waals surface area contributed by atoms with E-state index in [4.69, 9.17) is 4.74 Å². The Morgan fingerprint density at radius 3 is 2.21 bits per heavy atom. The fourth-order valence-electron chi connectivity index (χ4n) is 2.83. The lowest BCUT2D eigenvalue weighted by Crippen LogP contribution is -2.34. The Morgan fingerprint density at radius 1 is 1.04 bits per heavy atom. The Balaban J connectivity index is 1.95. The van der Waals surface area contributed by atoms with Crippen LogP contribution in [0.3, 0.4) is 0 Å². The van der Waals surface area contributed by atoms with Gasteiger partial charge in [-0.25, -0.2) is 4.79 Å². The Morgan fingerprint density at radius 2 is 1.64 bits per heavy atom. The second-order valence-electron chi connectivity index (χ2n) is 7.97. The van der Waals surface area contributed by atoms with Crippen molar-refractivity contribution in [1.82, 2.24) is 5.32 Å². The molecule has 0 saturated heterocycles. The summed E-state index contributed by atoms with van der Waals surface area (Å²) in [7, 11) is 0. The van der Waals surface area contributed by atoms with Crippen molar-refractivity contribution >= 4 is 29.0 Å². The SMILES string of the molecule is Cc1cc(C)c(C(=O)OCC(=O)c2ccc(CNC(=O)C(C)(C)C)s2)c(C)c1. The van der Waals surface area contributed by atoms with Gasteiger partial charge in [0.05, 0.1) is 17.0 Å². The molecule has 1 amide bonds.